The van der Waals surface area contributed by atoms with Crippen LogP contribution in [0.1, 0.15) is 43.0 Å². The molecule has 124 valence electrons. The standard InChI is InChI=1S/C17H22N2O4/c1-12(20)14-4-5-15(16(11-14)19(21)22)18-8-6-13(7-9-18)17-3-2-10-23-17/h4-5,11,13,17H,2-3,6-10H2,1H3. The molecule has 0 aliphatic carbocycles. The number of hydrogen-bond acceptors (Lipinski definition) is 5. The van der Waals surface area contributed by atoms with Crippen molar-refractivity contribution in [2.75, 3.05) is 24.6 Å². The van der Waals surface area contributed by atoms with Gasteiger partial charge in [0, 0.05) is 31.3 Å². The normalized spacial score (nSPS) is 22.3. The van der Waals surface area contributed by atoms with E-state index in [1.165, 1.54) is 13.0 Å². The van der Waals surface area contributed by atoms with Crippen molar-refractivity contribution in [2.45, 2.75) is 38.7 Å². The van der Waals surface area contributed by atoms with Gasteiger partial charge in [0.15, 0.2) is 5.78 Å². The second-order valence-electron chi connectivity index (χ2n) is 6.39. The number of carbonyl (C=O) groups is 1. The van der Waals surface area contributed by atoms with Gasteiger partial charge < -0.3 is 9.64 Å². The number of ketones is 1. The second-order valence-corrected chi connectivity index (χ2v) is 6.39. The molecule has 0 N–H and O–H groups in total. The lowest BCUT2D eigenvalue weighted by atomic mass is 9.89. The Bertz CT molecular complexity index is 603. The third-order valence-corrected chi connectivity index (χ3v) is 4.95. The molecule has 0 aromatic heterocycles. The predicted molar refractivity (Wildman–Crippen MR) is 87.0 cm³/mol. The molecule has 0 saturated carbocycles. The number of Topliss-reactive ketones (excluding diaryl/α,β-unsaturated/α-hetero) is 1. The van der Waals surface area contributed by atoms with E-state index in [0.717, 1.165) is 45.4 Å². The van der Waals surface area contributed by atoms with Crippen LogP contribution in [0.25, 0.3) is 0 Å². The number of nitro benzene ring substituents is 1. The maximum absolute atomic E-state index is 11.4. The molecule has 1 unspecified atom stereocenters. The molecule has 0 spiro atoms. The quantitative estimate of drug-likeness (QED) is 0.484. The van der Waals surface area contributed by atoms with Crippen LogP contribution in [0.3, 0.4) is 0 Å². The molecule has 1 aromatic carbocycles. The minimum Gasteiger partial charge on any atom is -0.378 e. The molecule has 1 aromatic rings. The minimum atomic E-state index is -0.395. The topological polar surface area (TPSA) is 72.7 Å². The van der Waals surface area contributed by atoms with E-state index in [-0.39, 0.29) is 11.5 Å². The Morgan fingerprint density at radius 2 is 2.04 bits per heavy atom. The Morgan fingerprint density at radius 1 is 1.30 bits per heavy atom. The van der Waals surface area contributed by atoms with E-state index in [0.29, 0.717) is 23.3 Å². The third-order valence-electron chi connectivity index (χ3n) is 4.95. The summed E-state index contributed by atoms with van der Waals surface area (Å²) in [4.78, 5) is 24.5. The van der Waals surface area contributed by atoms with Gasteiger partial charge in [-0.3, -0.25) is 14.9 Å². The molecular weight excluding hydrogens is 296 g/mol. The summed E-state index contributed by atoms with van der Waals surface area (Å²) in [5.41, 5.74) is 1.02. The van der Waals surface area contributed by atoms with Crippen molar-refractivity contribution in [1.82, 2.24) is 0 Å². The lowest BCUT2D eigenvalue weighted by Gasteiger charge is -2.35. The first-order chi connectivity index (χ1) is 11.1. The highest BCUT2D eigenvalue weighted by atomic mass is 16.6. The Kier molecular flexibility index (Phi) is 4.61. The number of rotatable bonds is 4. The van der Waals surface area contributed by atoms with E-state index < -0.39 is 4.92 Å². The van der Waals surface area contributed by atoms with E-state index in [4.69, 9.17) is 4.74 Å². The Labute approximate surface area is 135 Å². The van der Waals surface area contributed by atoms with Crippen LogP contribution in [-0.4, -0.2) is 36.5 Å². The highest BCUT2D eigenvalue weighted by Crippen LogP contribution is 2.35. The summed E-state index contributed by atoms with van der Waals surface area (Å²) in [5.74, 6) is 0.404. The fourth-order valence-electron chi connectivity index (χ4n) is 3.64. The van der Waals surface area contributed by atoms with Gasteiger partial charge in [0.2, 0.25) is 0 Å². The number of nitro groups is 1. The summed E-state index contributed by atoms with van der Waals surface area (Å²) in [5, 5.41) is 11.4. The maximum atomic E-state index is 11.4. The highest BCUT2D eigenvalue weighted by molar-refractivity contribution is 5.95. The number of ether oxygens (including phenoxy) is 1. The first kappa shape index (κ1) is 15.9. The van der Waals surface area contributed by atoms with Crippen LogP contribution in [0.15, 0.2) is 18.2 Å². The van der Waals surface area contributed by atoms with Gasteiger partial charge in [-0.15, -0.1) is 0 Å². The monoisotopic (exact) mass is 318 g/mol. The minimum absolute atomic E-state index is 0.0215. The highest BCUT2D eigenvalue weighted by Gasteiger charge is 2.31. The van der Waals surface area contributed by atoms with Crippen molar-refractivity contribution in [3.8, 4) is 0 Å². The van der Waals surface area contributed by atoms with Crippen molar-refractivity contribution in [2.24, 2.45) is 5.92 Å². The van der Waals surface area contributed by atoms with Gasteiger partial charge in [0.05, 0.1) is 11.0 Å². The summed E-state index contributed by atoms with van der Waals surface area (Å²) in [6.07, 6.45) is 4.64. The van der Waals surface area contributed by atoms with Crippen molar-refractivity contribution >= 4 is 17.2 Å². The molecule has 2 aliphatic rings. The van der Waals surface area contributed by atoms with Crippen LogP contribution in [-0.2, 0) is 4.74 Å². The SMILES string of the molecule is CC(=O)c1ccc(N2CCC(C3CCCO3)CC2)c([N+](=O)[O-])c1. The van der Waals surface area contributed by atoms with Gasteiger partial charge in [0.1, 0.15) is 5.69 Å². The van der Waals surface area contributed by atoms with Gasteiger partial charge in [-0.1, -0.05) is 0 Å². The van der Waals surface area contributed by atoms with Crippen molar-refractivity contribution in [3.05, 3.63) is 33.9 Å². The number of carbonyl (C=O) groups excluding carboxylic acids is 1. The number of hydrogen-bond donors (Lipinski definition) is 0. The zero-order valence-corrected chi connectivity index (χ0v) is 13.4. The zero-order chi connectivity index (χ0) is 16.4. The average Bonchev–Trinajstić information content (AvgIpc) is 3.09. The third kappa shape index (κ3) is 3.37. The van der Waals surface area contributed by atoms with Crippen LogP contribution < -0.4 is 4.90 Å². The Hall–Kier alpha value is -1.95. The molecule has 1 atom stereocenters. The van der Waals surface area contributed by atoms with E-state index in [2.05, 4.69) is 4.90 Å². The number of benzene rings is 1. The van der Waals surface area contributed by atoms with Crippen LogP contribution in [0.4, 0.5) is 11.4 Å². The summed E-state index contributed by atoms with van der Waals surface area (Å²) < 4.78 is 5.77. The molecular formula is C17H22N2O4. The molecule has 0 radical (unpaired) electrons. The van der Waals surface area contributed by atoms with Gasteiger partial charge in [-0.2, -0.15) is 0 Å². The van der Waals surface area contributed by atoms with Gasteiger partial charge in [-0.05, 0) is 50.7 Å². The lowest BCUT2D eigenvalue weighted by molar-refractivity contribution is -0.384. The van der Waals surface area contributed by atoms with Crippen LogP contribution >= 0.6 is 0 Å². The zero-order valence-electron chi connectivity index (χ0n) is 13.4. The average molecular weight is 318 g/mol. The molecule has 2 heterocycles. The van der Waals surface area contributed by atoms with E-state index in [1.54, 1.807) is 12.1 Å². The van der Waals surface area contributed by atoms with Crippen LogP contribution in [0, 0.1) is 16.0 Å². The largest absolute Gasteiger partial charge is 0.378 e. The molecule has 3 rings (SSSR count). The van der Waals surface area contributed by atoms with Gasteiger partial charge >= 0.3 is 0 Å². The van der Waals surface area contributed by atoms with Crippen molar-refractivity contribution < 1.29 is 14.5 Å². The summed E-state index contributed by atoms with van der Waals surface area (Å²) in [6, 6.07) is 4.78. The maximum Gasteiger partial charge on any atom is 0.293 e. The first-order valence-electron chi connectivity index (χ1n) is 8.22. The molecule has 2 aliphatic heterocycles. The van der Waals surface area contributed by atoms with Gasteiger partial charge in [-0.25, -0.2) is 0 Å². The fraction of sp³-hybridized carbons (Fsp3) is 0.588. The lowest BCUT2D eigenvalue weighted by Crippen LogP contribution is -2.38. The fourth-order valence-corrected chi connectivity index (χ4v) is 3.64. The van der Waals surface area contributed by atoms with E-state index in [9.17, 15) is 14.9 Å². The molecule has 0 bridgehead atoms. The van der Waals surface area contributed by atoms with Crippen molar-refractivity contribution in [3.63, 3.8) is 0 Å². The molecule has 6 heteroatoms. The first-order valence-corrected chi connectivity index (χ1v) is 8.22. The Balaban J connectivity index is 1.74. The smallest absolute Gasteiger partial charge is 0.293 e. The molecule has 2 saturated heterocycles. The molecule has 0 amide bonds. The summed E-state index contributed by atoms with van der Waals surface area (Å²) in [6.45, 7) is 3.88. The van der Waals surface area contributed by atoms with Gasteiger partial charge in [0.25, 0.3) is 5.69 Å². The molecule has 23 heavy (non-hydrogen) atoms. The number of nitrogens with zero attached hydrogens (tertiary/aromatic N) is 2. The number of anilines is 1. The summed E-state index contributed by atoms with van der Waals surface area (Å²) >= 11 is 0. The molecule has 6 nitrogen and oxygen atoms in total. The molecule has 2 fully saturated rings. The predicted octanol–water partition coefficient (Wildman–Crippen LogP) is 3.19. The van der Waals surface area contributed by atoms with Crippen LogP contribution in [0.5, 0.6) is 0 Å². The number of piperidine rings is 1. The summed E-state index contributed by atoms with van der Waals surface area (Å²) in [7, 11) is 0. The van der Waals surface area contributed by atoms with E-state index in [1.807, 2.05) is 0 Å². The van der Waals surface area contributed by atoms with Crippen LogP contribution in [0.2, 0.25) is 0 Å². The Morgan fingerprint density at radius 3 is 2.61 bits per heavy atom. The second kappa shape index (κ2) is 6.66. The van der Waals surface area contributed by atoms with E-state index >= 15 is 0 Å². The van der Waals surface area contributed by atoms with Crippen molar-refractivity contribution in [1.29, 1.82) is 0 Å².